The maximum absolute atomic E-state index is 6.10. The third-order valence-electron chi connectivity index (χ3n) is 3.76. The Hall–Kier alpha value is 0.137. The third-order valence-corrected chi connectivity index (χ3v) is 8.30. The maximum atomic E-state index is 6.10. The molecule has 3 heteroatoms. The first-order valence-electron chi connectivity index (χ1n) is 6.07. The van der Waals surface area contributed by atoms with Gasteiger partial charge in [0.05, 0.1) is 12.2 Å². The average Bonchev–Trinajstić information content (AvgIpc) is 2.81. The lowest BCUT2D eigenvalue weighted by molar-refractivity contribution is 0.260. The van der Waals surface area contributed by atoms with Crippen molar-refractivity contribution in [2.75, 3.05) is 6.61 Å². The van der Waals surface area contributed by atoms with Crippen molar-refractivity contribution in [2.24, 2.45) is 0 Å². The lowest BCUT2D eigenvalue weighted by atomic mass is 10.2. The number of hydrogen-bond acceptors (Lipinski definition) is 2. The first-order valence-corrected chi connectivity index (χ1v) is 8.98. The van der Waals surface area contributed by atoms with Gasteiger partial charge < -0.3 is 9.16 Å². The van der Waals surface area contributed by atoms with Gasteiger partial charge in [0.15, 0.2) is 8.32 Å². The highest BCUT2D eigenvalue weighted by atomic mass is 28.4. The zero-order chi connectivity index (χ0) is 11.7. The number of rotatable bonds is 5. The molecule has 0 unspecified atom stereocenters. The van der Waals surface area contributed by atoms with Crippen LogP contribution in [0.4, 0.5) is 0 Å². The molecule has 1 aliphatic rings. The van der Waals surface area contributed by atoms with Crippen LogP contribution >= 0.6 is 0 Å². The summed E-state index contributed by atoms with van der Waals surface area (Å²) in [6.45, 7) is 14.5. The summed E-state index contributed by atoms with van der Waals surface area (Å²) in [5.74, 6) is 0. The van der Waals surface area contributed by atoms with E-state index in [1.165, 1.54) is 0 Å². The summed E-state index contributed by atoms with van der Waals surface area (Å²) >= 11 is 0. The van der Waals surface area contributed by atoms with Crippen LogP contribution in [0.15, 0.2) is 0 Å². The average molecular weight is 230 g/mol. The van der Waals surface area contributed by atoms with Crippen molar-refractivity contribution >= 4 is 8.32 Å². The molecular weight excluding hydrogens is 204 g/mol. The van der Waals surface area contributed by atoms with Crippen molar-refractivity contribution in [1.29, 1.82) is 0 Å². The monoisotopic (exact) mass is 230 g/mol. The molecule has 0 aromatic heterocycles. The van der Waals surface area contributed by atoms with E-state index in [1.807, 2.05) is 0 Å². The highest BCUT2D eigenvalue weighted by Crippen LogP contribution is 2.37. The quantitative estimate of drug-likeness (QED) is 0.532. The largest absolute Gasteiger partial charge is 0.417 e. The number of hydrogen-bond donors (Lipinski definition) is 0. The second-order valence-electron chi connectivity index (χ2n) is 6.02. The molecule has 0 radical (unpaired) electrons. The van der Waals surface area contributed by atoms with Gasteiger partial charge in [-0.1, -0.05) is 27.7 Å². The van der Waals surface area contributed by atoms with Gasteiger partial charge in [0.1, 0.15) is 0 Å². The Morgan fingerprint density at radius 2 is 1.80 bits per heavy atom. The summed E-state index contributed by atoms with van der Waals surface area (Å²) in [7, 11) is -1.53. The van der Waals surface area contributed by atoms with E-state index in [2.05, 4.69) is 40.8 Å². The molecule has 2 atom stereocenters. The van der Waals surface area contributed by atoms with Gasteiger partial charge in [-0.2, -0.15) is 0 Å². The minimum atomic E-state index is -1.53. The summed E-state index contributed by atoms with van der Waals surface area (Å²) in [4.78, 5) is 0. The predicted octanol–water partition coefficient (Wildman–Crippen LogP) is 3.58. The van der Waals surface area contributed by atoms with Gasteiger partial charge in [-0.05, 0) is 31.0 Å². The summed E-state index contributed by atoms with van der Waals surface area (Å²) in [6.07, 6.45) is 3.23. The number of epoxide rings is 1. The normalized spacial score (nSPS) is 26.8. The van der Waals surface area contributed by atoms with E-state index in [0.717, 1.165) is 19.4 Å². The van der Waals surface area contributed by atoms with Crippen molar-refractivity contribution in [2.45, 2.75) is 70.9 Å². The molecule has 0 N–H and O–H groups in total. The highest BCUT2D eigenvalue weighted by Gasteiger charge is 2.39. The second-order valence-corrected chi connectivity index (χ2v) is 10.8. The molecule has 0 saturated carbocycles. The lowest BCUT2D eigenvalue weighted by Gasteiger charge is -2.36. The van der Waals surface area contributed by atoms with Gasteiger partial charge in [0, 0.05) is 6.61 Å². The molecule has 0 spiro atoms. The third kappa shape index (κ3) is 3.57. The molecule has 0 aromatic carbocycles. The molecule has 1 saturated heterocycles. The van der Waals surface area contributed by atoms with Crippen molar-refractivity contribution in [3.05, 3.63) is 0 Å². The van der Waals surface area contributed by atoms with E-state index in [0.29, 0.717) is 17.2 Å². The van der Waals surface area contributed by atoms with Crippen LogP contribution in [-0.2, 0) is 9.16 Å². The summed E-state index contributed by atoms with van der Waals surface area (Å²) in [6, 6.07) is 0. The van der Waals surface area contributed by atoms with Gasteiger partial charge in [-0.3, -0.25) is 0 Å². The SMILES string of the molecule is CC[C@H]1O[C@H]1CCO[Si](C)(C)C(C)(C)C. The molecule has 0 bridgehead atoms. The molecule has 15 heavy (non-hydrogen) atoms. The molecule has 1 heterocycles. The summed E-state index contributed by atoms with van der Waals surface area (Å²) in [5, 5.41) is 0.321. The molecule has 1 fully saturated rings. The molecule has 90 valence electrons. The smallest absolute Gasteiger partial charge is 0.191 e. The molecular formula is C12H26O2Si. The van der Waals surface area contributed by atoms with E-state index in [4.69, 9.17) is 9.16 Å². The Balaban J connectivity index is 2.20. The van der Waals surface area contributed by atoms with Crippen LogP contribution in [0.5, 0.6) is 0 Å². The lowest BCUT2D eigenvalue weighted by Crippen LogP contribution is -2.41. The Morgan fingerprint density at radius 3 is 2.20 bits per heavy atom. The Kier molecular flexibility index (Phi) is 4.01. The van der Waals surface area contributed by atoms with Crippen LogP contribution in [0.3, 0.4) is 0 Å². The van der Waals surface area contributed by atoms with E-state index < -0.39 is 8.32 Å². The minimum absolute atomic E-state index is 0.321. The minimum Gasteiger partial charge on any atom is -0.417 e. The van der Waals surface area contributed by atoms with Gasteiger partial charge in [-0.25, -0.2) is 0 Å². The summed E-state index contributed by atoms with van der Waals surface area (Å²) in [5.41, 5.74) is 0. The van der Waals surface area contributed by atoms with Crippen LogP contribution in [0.25, 0.3) is 0 Å². The predicted molar refractivity (Wildman–Crippen MR) is 66.7 cm³/mol. The van der Waals surface area contributed by atoms with Crippen molar-refractivity contribution in [3.8, 4) is 0 Å². The van der Waals surface area contributed by atoms with Crippen LogP contribution < -0.4 is 0 Å². The van der Waals surface area contributed by atoms with Crippen molar-refractivity contribution < 1.29 is 9.16 Å². The van der Waals surface area contributed by atoms with Crippen molar-refractivity contribution in [3.63, 3.8) is 0 Å². The fraction of sp³-hybridized carbons (Fsp3) is 1.00. The fourth-order valence-electron chi connectivity index (χ4n) is 1.44. The van der Waals surface area contributed by atoms with Crippen molar-refractivity contribution in [1.82, 2.24) is 0 Å². The topological polar surface area (TPSA) is 21.8 Å². The molecule has 1 aliphatic heterocycles. The highest BCUT2D eigenvalue weighted by molar-refractivity contribution is 6.74. The zero-order valence-corrected chi connectivity index (χ0v) is 12.1. The molecule has 0 amide bonds. The standard InChI is InChI=1S/C12H26O2Si/c1-7-10-11(14-10)8-9-13-15(5,6)12(2,3)4/h10-11H,7-9H2,1-6H3/t10-,11+/m1/s1. The van der Waals surface area contributed by atoms with Crippen LogP contribution in [0, 0.1) is 0 Å². The molecule has 0 aliphatic carbocycles. The Morgan fingerprint density at radius 1 is 1.20 bits per heavy atom. The van der Waals surface area contributed by atoms with E-state index in [9.17, 15) is 0 Å². The molecule has 0 aromatic rings. The van der Waals surface area contributed by atoms with Gasteiger partial charge in [0.25, 0.3) is 0 Å². The fourth-order valence-corrected chi connectivity index (χ4v) is 2.50. The van der Waals surface area contributed by atoms with E-state index in [1.54, 1.807) is 0 Å². The Bertz CT molecular complexity index is 208. The first-order chi connectivity index (χ1) is 6.78. The van der Waals surface area contributed by atoms with Crippen LogP contribution in [-0.4, -0.2) is 27.1 Å². The van der Waals surface area contributed by atoms with Gasteiger partial charge in [0.2, 0.25) is 0 Å². The molecule has 1 rings (SSSR count). The van der Waals surface area contributed by atoms with E-state index >= 15 is 0 Å². The van der Waals surface area contributed by atoms with Crippen LogP contribution in [0.1, 0.15) is 40.5 Å². The number of ether oxygens (including phenoxy) is 1. The maximum Gasteiger partial charge on any atom is 0.191 e. The summed E-state index contributed by atoms with van der Waals surface area (Å²) < 4.78 is 11.6. The van der Waals surface area contributed by atoms with E-state index in [-0.39, 0.29) is 0 Å². The van der Waals surface area contributed by atoms with Gasteiger partial charge in [-0.15, -0.1) is 0 Å². The zero-order valence-electron chi connectivity index (χ0n) is 11.1. The first kappa shape index (κ1) is 13.2. The van der Waals surface area contributed by atoms with Crippen LogP contribution in [0.2, 0.25) is 18.1 Å². The Labute approximate surface area is 95.5 Å². The second kappa shape index (κ2) is 4.56. The molecule has 2 nitrogen and oxygen atoms in total. The van der Waals surface area contributed by atoms with Gasteiger partial charge >= 0.3 is 0 Å².